The lowest BCUT2D eigenvalue weighted by atomic mass is 10.0. The van der Waals surface area contributed by atoms with Crippen molar-refractivity contribution in [2.45, 2.75) is 336 Å². The van der Waals surface area contributed by atoms with Crippen molar-refractivity contribution in [2.75, 3.05) is 13.2 Å². The van der Waals surface area contributed by atoms with Crippen molar-refractivity contribution in [3.05, 3.63) is 0 Å². The van der Waals surface area contributed by atoms with E-state index in [1.165, 1.54) is 218 Å². The average molecular weight is 920 g/mol. The van der Waals surface area contributed by atoms with E-state index in [4.69, 9.17) is 14.2 Å². The van der Waals surface area contributed by atoms with E-state index >= 15 is 0 Å². The third-order valence-corrected chi connectivity index (χ3v) is 13.5. The first kappa shape index (κ1) is 63.4. The summed E-state index contributed by atoms with van der Waals surface area (Å²) < 4.78 is 16.9. The summed E-state index contributed by atoms with van der Waals surface area (Å²) >= 11 is 0. The van der Waals surface area contributed by atoms with E-state index < -0.39 is 6.10 Å². The van der Waals surface area contributed by atoms with Gasteiger partial charge in [-0.25, -0.2) is 0 Å². The largest absolute Gasteiger partial charge is 0.462 e. The zero-order valence-corrected chi connectivity index (χ0v) is 44.6. The lowest BCUT2D eigenvalue weighted by Crippen LogP contribution is -2.30. The third-order valence-electron chi connectivity index (χ3n) is 13.5. The topological polar surface area (TPSA) is 78.9 Å². The smallest absolute Gasteiger partial charge is 0.306 e. The average Bonchev–Trinajstić information content (AvgIpc) is 3.28. The van der Waals surface area contributed by atoms with Gasteiger partial charge < -0.3 is 14.2 Å². The molecule has 0 bridgehead atoms. The van der Waals surface area contributed by atoms with Gasteiger partial charge in [0.05, 0.1) is 0 Å². The van der Waals surface area contributed by atoms with Gasteiger partial charge in [0, 0.05) is 19.3 Å². The van der Waals surface area contributed by atoms with E-state index in [2.05, 4.69) is 34.6 Å². The molecule has 386 valence electrons. The molecule has 0 spiro atoms. The maximum absolute atomic E-state index is 12.8. The molecule has 0 unspecified atom stereocenters. The van der Waals surface area contributed by atoms with Crippen molar-refractivity contribution < 1.29 is 28.6 Å². The highest BCUT2D eigenvalue weighted by atomic mass is 16.6. The van der Waals surface area contributed by atoms with Crippen LogP contribution in [0.1, 0.15) is 330 Å². The monoisotopic (exact) mass is 919 g/mol. The second-order valence-corrected chi connectivity index (χ2v) is 21.2. The van der Waals surface area contributed by atoms with E-state index in [9.17, 15) is 14.4 Å². The molecule has 0 aromatic rings. The van der Waals surface area contributed by atoms with Crippen LogP contribution in [0, 0.1) is 11.8 Å². The van der Waals surface area contributed by atoms with Gasteiger partial charge >= 0.3 is 17.9 Å². The SMILES string of the molecule is CCCCCCCCCCCCCC(=O)OC[C@H](COC(=O)CCCCCCCCCCCCCCCCCCC(C)C)OC(=O)CCCCCCCCCCCCCCCCC(C)C. The number of carbonyl (C=O) groups excluding carboxylic acids is 3. The van der Waals surface area contributed by atoms with Gasteiger partial charge in [-0.05, 0) is 31.1 Å². The normalized spacial score (nSPS) is 12.0. The fourth-order valence-corrected chi connectivity index (χ4v) is 9.05. The Morgan fingerprint density at radius 2 is 0.508 bits per heavy atom. The Bertz CT molecular complexity index is 993. The fourth-order valence-electron chi connectivity index (χ4n) is 9.05. The Hall–Kier alpha value is -1.59. The fraction of sp³-hybridized carbons (Fsp3) is 0.949. The zero-order valence-electron chi connectivity index (χ0n) is 44.6. The molecule has 0 rings (SSSR count). The molecule has 0 aromatic carbocycles. The lowest BCUT2D eigenvalue weighted by Gasteiger charge is -2.18. The van der Waals surface area contributed by atoms with Gasteiger partial charge in [0.2, 0.25) is 0 Å². The van der Waals surface area contributed by atoms with Crippen LogP contribution < -0.4 is 0 Å². The van der Waals surface area contributed by atoms with E-state index in [-0.39, 0.29) is 31.1 Å². The first-order valence-corrected chi connectivity index (χ1v) is 29.2. The van der Waals surface area contributed by atoms with Gasteiger partial charge in [-0.1, -0.05) is 291 Å². The highest BCUT2D eigenvalue weighted by Gasteiger charge is 2.19. The summed E-state index contributed by atoms with van der Waals surface area (Å²) in [4.78, 5) is 38.1. The molecule has 0 amide bonds. The summed E-state index contributed by atoms with van der Waals surface area (Å²) in [5.41, 5.74) is 0. The molecule has 0 aliphatic carbocycles. The molecule has 65 heavy (non-hydrogen) atoms. The molecular formula is C59H114O6. The minimum atomic E-state index is -0.762. The number of rotatable bonds is 53. The predicted molar refractivity (Wildman–Crippen MR) is 280 cm³/mol. The Labute approximate surface area is 406 Å². The summed E-state index contributed by atoms with van der Waals surface area (Å²) in [6.07, 6.45) is 55.2. The maximum atomic E-state index is 12.8. The van der Waals surface area contributed by atoms with Crippen LogP contribution in [0.2, 0.25) is 0 Å². The minimum absolute atomic E-state index is 0.0625. The van der Waals surface area contributed by atoms with Crippen molar-refractivity contribution in [1.29, 1.82) is 0 Å². The van der Waals surface area contributed by atoms with Crippen LogP contribution in [0.25, 0.3) is 0 Å². The van der Waals surface area contributed by atoms with Crippen LogP contribution in [0.5, 0.6) is 0 Å². The van der Waals surface area contributed by atoms with E-state index in [0.717, 1.165) is 69.6 Å². The van der Waals surface area contributed by atoms with Crippen LogP contribution >= 0.6 is 0 Å². The van der Waals surface area contributed by atoms with Crippen molar-refractivity contribution >= 4 is 17.9 Å². The molecule has 6 nitrogen and oxygen atoms in total. The summed E-state index contributed by atoms with van der Waals surface area (Å²) in [6.45, 7) is 11.4. The first-order chi connectivity index (χ1) is 31.7. The van der Waals surface area contributed by atoms with Crippen LogP contribution in [-0.2, 0) is 28.6 Å². The Balaban J connectivity index is 4.25. The van der Waals surface area contributed by atoms with Gasteiger partial charge in [-0.15, -0.1) is 0 Å². The van der Waals surface area contributed by atoms with Crippen molar-refractivity contribution in [2.24, 2.45) is 11.8 Å². The minimum Gasteiger partial charge on any atom is -0.462 e. The highest BCUT2D eigenvalue weighted by molar-refractivity contribution is 5.71. The number of hydrogen-bond donors (Lipinski definition) is 0. The predicted octanol–water partition coefficient (Wildman–Crippen LogP) is 19.3. The van der Waals surface area contributed by atoms with Crippen LogP contribution in [-0.4, -0.2) is 37.2 Å². The summed E-state index contributed by atoms with van der Waals surface area (Å²) in [5, 5.41) is 0. The van der Waals surface area contributed by atoms with Gasteiger partial charge in [-0.2, -0.15) is 0 Å². The van der Waals surface area contributed by atoms with Gasteiger partial charge in [0.15, 0.2) is 6.10 Å². The molecule has 0 saturated carbocycles. The number of esters is 3. The molecule has 0 aromatic heterocycles. The Morgan fingerprint density at radius 3 is 0.754 bits per heavy atom. The number of carbonyl (C=O) groups is 3. The van der Waals surface area contributed by atoms with Crippen molar-refractivity contribution in [3.8, 4) is 0 Å². The molecule has 0 aliphatic heterocycles. The molecule has 0 fully saturated rings. The molecule has 0 saturated heterocycles. The molecular weight excluding hydrogens is 805 g/mol. The van der Waals surface area contributed by atoms with Crippen LogP contribution in [0.15, 0.2) is 0 Å². The molecule has 0 N–H and O–H groups in total. The van der Waals surface area contributed by atoms with Crippen LogP contribution in [0.4, 0.5) is 0 Å². The highest BCUT2D eigenvalue weighted by Crippen LogP contribution is 2.18. The molecule has 1 atom stereocenters. The first-order valence-electron chi connectivity index (χ1n) is 29.2. The quantitative estimate of drug-likeness (QED) is 0.0344. The van der Waals surface area contributed by atoms with Crippen molar-refractivity contribution in [1.82, 2.24) is 0 Å². The standard InChI is InChI=1S/C59H114O6/c1-6-7-8-9-10-11-22-29-34-39-44-49-57(60)63-52-56(65-59(62)51-46-41-36-31-26-21-17-16-19-24-28-33-38-43-48-55(4)5)53-64-58(61)50-45-40-35-30-25-20-15-13-12-14-18-23-27-32-37-42-47-54(2)3/h54-56H,6-53H2,1-5H3/t56-/m1/s1. The molecule has 0 heterocycles. The second kappa shape index (κ2) is 51.8. The Morgan fingerprint density at radius 1 is 0.292 bits per heavy atom. The third kappa shape index (κ3) is 53.2. The molecule has 0 radical (unpaired) electrons. The number of ether oxygens (including phenoxy) is 3. The number of unbranched alkanes of at least 4 members (excludes halogenated alkanes) is 38. The summed E-state index contributed by atoms with van der Waals surface area (Å²) in [5.74, 6) is 0.858. The molecule has 0 aliphatic rings. The number of hydrogen-bond acceptors (Lipinski definition) is 6. The van der Waals surface area contributed by atoms with Gasteiger partial charge in [0.25, 0.3) is 0 Å². The zero-order chi connectivity index (χ0) is 47.5. The van der Waals surface area contributed by atoms with E-state index in [1.807, 2.05) is 0 Å². The second-order valence-electron chi connectivity index (χ2n) is 21.2. The van der Waals surface area contributed by atoms with Gasteiger partial charge in [0.1, 0.15) is 13.2 Å². The Kier molecular flexibility index (Phi) is 50.5. The summed E-state index contributed by atoms with van der Waals surface area (Å²) in [7, 11) is 0. The van der Waals surface area contributed by atoms with Crippen LogP contribution in [0.3, 0.4) is 0 Å². The van der Waals surface area contributed by atoms with Gasteiger partial charge in [-0.3, -0.25) is 14.4 Å². The summed E-state index contributed by atoms with van der Waals surface area (Å²) in [6, 6.07) is 0. The van der Waals surface area contributed by atoms with E-state index in [0.29, 0.717) is 19.3 Å². The molecule has 6 heteroatoms. The lowest BCUT2D eigenvalue weighted by molar-refractivity contribution is -0.167. The maximum Gasteiger partial charge on any atom is 0.306 e. The van der Waals surface area contributed by atoms with Crippen molar-refractivity contribution in [3.63, 3.8) is 0 Å². The van der Waals surface area contributed by atoms with E-state index in [1.54, 1.807) is 0 Å².